The van der Waals surface area contributed by atoms with Crippen LogP contribution in [0.4, 0.5) is 8.78 Å². The van der Waals surface area contributed by atoms with E-state index in [9.17, 15) is 23.5 Å². The molecule has 4 nitrogen and oxygen atoms in total. The maximum absolute atomic E-state index is 12.6. The molecule has 0 heterocycles. The Morgan fingerprint density at radius 2 is 2.06 bits per heavy atom. The van der Waals surface area contributed by atoms with Gasteiger partial charge >= 0.3 is 11.9 Å². The molecule has 0 saturated carbocycles. The minimum atomic E-state index is -4.19. The highest BCUT2D eigenvalue weighted by molar-refractivity contribution is 14.1. The van der Waals surface area contributed by atoms with Gasteiger partial charge in [-0.25, -0.2) is 4.79 Å². The Bertz CT molecular complexity index is 488. The number of esters is 1. The van der Waals surface area contributed by atoms with Crippen LogP contribution in [0.3, 0.4) is 0 Å². The number of halogens is 3. The fourth-order valence-electron chi connectivity index (χ4n) is 1.07. The molecule has 1 aromatic rings. The molecule has 98 valence electrons. The van der Waals surface area contributed by atoms with Crippen molar-refractivity contribution < 1.29 is 28.2 Å². The summed E-state index contributed by atoms with van der Waals surface area (Å²) in [6.07, 6.45) is 0. The SMILES string of the molecule is Cc1cc(C(=O)OCC(F)(F)C(=O)[O-])ccc1I. The Hall–Kier alpha value is -1.25. The number of carbonyl (C=O) groups is 2. The van der Waals surface area contributed by atoms with Crippen molar-refractivity contribution in [1.29, 1.82) is 0 Å². The molecule has 0 aliphatic carbocycles. The van der Waals surface area contributed by atoms with Gasteiger partial charge in [-0.15, -0.1) is 0 Å². The smallest absolute Gasteiger partial charge is 0.338 e. The molecule has 0 atom stereocenters. The van der Waals surface area contributed by atoms with Gasteiger partial charge in [-0.2, -0.15) is 8.78 Å². The zero-order valence-corrected chi connectivity index (χ0v) is 11.4. The molecule has 0 amide bonds. The third-order valence-electron chi connectivity index (χ3n) is 2.08. The second-order valence-electron chi connectivity index (χ2n) is 3.53. The predicted molar refractivity (Wildman–Crippen MR) is 64.1 cm³/mol. The van der Waals surface area contributed by atoms with Crippen LogP contribution in [0.2, 0.25) is 0 Å². The molecule has 1 rings (SSSR count). The third kappa shape index (κ3) is 3.62. The fraction of sp³-hybridized carbons (Fsp3) is 0.273. The van der Waals surface area contributed by atoms with Crippen LogP contribution in [0.15, 0.2) is 18.2 Å². The Labute approximate surface area is 115 Å². The van der Waals surface area contributed by atoms with Crippen molar-refractivity contribution in [1.82, 2.24) is 0 Å². The first kappa shape index (κ1) is 14.8. The van der Waals surface area contributed by atoms with Gasteiger partial charge < -0.3 is 14.6 Å². The molecule has 0 unspecified atom stereocenters. The lowest BCUT2D eigenvalue weighted by atomic mass is 10.1. The maximum atomic E-state index is 12.6. The van der Waals surface area contributed by atoms with E-state index in [0.29, 0.717) is 0 Å². The second kappa shape index (κ2) is 5.59. The quantitative estimate of drug-likeness (QED) is 0.590. The van der Waals surface area contributed by atoms with E-state index in [0.717, 1.165) is 9.13 Å². The summed E-state index contributed by atoms with van der Waals surface area (Å²) in [4.78, 5) is 21.4. The average molecular weight is 369 g/mol. The molecule has 0 N–H and O–H groups in total. The second-order valence-corrected chi connectivity index (χ2v) is 4.69. The molecule has 0 saturated heterocycles. The normalized spacial score (nSPS) is 11.1. The van der Waals surface area contributed by atoms with E-state index in [-0.39, 0.29) is 5.56 Å². The number of carboxylic acid groups (broad SMARTS) is 1. The summed E-state index contributed by atoms with van der Waals surface area (Å²) in [5.74, 6) is -7.77. The van der Waals surface area contributed by atoms with Gasteiger partial charge in [0.15, 0.2) is 6.61 Å². The largest absolute Gasteiger partial charge is 0.544 e. The molecule has 7 heteroatoms. The molecule has 18 heavy (non-hydrogen) atoms. The number of ether oxygens (including phenoxy) is 1. The summed E-state index contributed by atoms with van der Waals surface area (Å²) in [7, 11) is 0. The van der Waals surface area contributed by atoms with Gasteiger partial charge in [0.05, 0.1) is 5.56 Å². The lowest BCUT2D eigenvalue weighted by Gasteiger charge is -2.16. The minimum absolute atomic E-state index is 0.0852. The van der Waals surface area contributed by atoms with Crippen LogP contribution in [-0.2, 0) is 9.53 Å². The summed E-state index contributed by atoms with van der Waals surface area (Å²) >= 11 is 2.05. The topological polar surface area (TPSA) is 66.4 Å². The third-order valence-corrected chi connectivity index (χ3v) is 3.29. The van der Waals surface area contributed by atoms with E-state index in [1.165, 1.54) is 12.1 Å². The van der Waals surface area contributed by atoms with Gasteiger partial charge in [0.25, 0.3) is 0 Å². The van der Waals surface area contributed by atoms with Crippen LogP contribution in [0.5, 0.6) is 0 Å². The van der Waals surface area contributed by atoms with E-state index in [2.05, 4.69) is 4.74 Å². The number of hydrogen-bond acceptors (Lipinski definition) is 4. The van der Waals surface area contributed by atoms with Crippen LogP contribution in [0.25, 0.3) is 0 Å². The van der Waals surface area contributed by atoms with E-state index in [1.807, 2.05) is 22.6 Å². The number of alkyl halides is 2. The number of aryl methyl sites for hydroxylation is 1. The van der Waals surface area contributed by atoms with Crippen molar-refractivity contribution in [2.24, 2.45) is 0 Å². The van der Waals surface area contributed by atoms with Crippen molar-refractivity contribution in [3.8, 4) is 0 Å². The van der Waals surface area contributed by atoms with E-state index >= 15 is 0 Å². The van der Waals surface area contributed by atoms with Crippen molar-refractivity contribution in [2.45, 2.75) is 12.8 Å². The molecule has 0 aliphatic heterocycles. The zero-order valence-electron chi connectivity index (χ0n) is 9.21. The van der Waals surface area contributed by atoms with Crippen LogP contribution in [-0.4, -0.2) is 24.5 Å². The maximum Gasteiger partial charge on any atom is 0.338 e. The first-order chi connectivity index (χ1) is 8.24. The first-order valence-electron chi connectivity index (χ1n) is 4.76. The van der Waals surface area contributed by atoms with Crippen LogP contribution in [0.1, 0.15) is 15.9 Å². The van der Waals surface area contributed by atoms with Crippen LogP contribution >= 0.6 is 22.6 Å². The van der Waals surface area contributed by atoms with Crippen molar-refractivity contribution >= 4 is 34.5 Å². The van der Waals surface area contributed by atoms with E-state index < -0.39 is 24.5 Å². The summed E-state index contributed by atoms with van der Waals surface area (Å²) in [6, 6.07) is 4.51. The van der Waals surface area contributed by atoms with Crippen molar-refractivity contribution in [3.05, 3.63) is 32.9 Å². The Balaban J connectivity index is 2.72. The lowest BCUT2D eigenvalue weighted by molar-refractivity contribution is -0.331. The van der Waals surface area contributed by atoms with E-state index in [1.54, 1.807) is 13.0 Å². The summed E-state index contributed by atoms with van der Waals surface area (Å²) in [5.41, 5.74) is 0.874. The lowest BCUT2D eigenvalue weighted by Crippen LogP contribution is -2.45. The molecule has 0 bridgehead atoms. The van der Waals surface area contributed by atoms with Crippen molar-refractivity contribution in [3.63, 3.8) is 0 Å². The van der Waals surface area contributed by atoms with Gasteiger partial charge in [0.1, 0.15) is 5.97 Å². The molecular weight excluding hydrogens is 361 g/mol. The standard InChI is InChI=1S/C11H9F2IO4/c1-6-4-7(2-3-8(6)14)9(15)18-5-11(12,13)10(16)17/h2-4H,5H2,1H3,(H,16,17)/p-1. The molecular formula is C11H8F2IO4-. The highest BCUT2D eigenvalue weighted by Gasteiger charge is 2.33. The van der Waals surface area contributed by atoms with Gasteiger partial charge in [0, 0.05) is 3.57 Å². The Kier molecular flexibility index (Phi) is 4.60. The van der Waals surface area contributed by atoms with Gasteiger partial charge in [0.2, 0.25) is 0 Å². The summed E-state index contributed by atoms with van der Waals surface area (Å²) in [6.45, 7) is 0.202. The van der Waals surface area contributed by atoms with Crippen LogP contribution in [0, 0.1) is 10.5 Å². The molecule has 0 radical (unpaired) electrons. The first-order valence-corrected chi connectivity index (χ1v) is 5.84. The monoisotopic (exact) mass is 369 g/mol. The highest BCUT2D eigenvalue weighted by atomic mass is 127. The molecule has 0 aromatic heterocycles. The van der Waals surface area contributed by atoms with Gasteiger partial charge in [-0.1, -0.05) is 0 Å². The fourth-order valence-corrected chi connectivity index (χ4v) is 1.41. The Morgan fingerprint density at radius 3 is 2.56 bits per heavy atom. The van der Waals surface area contributed by atoms with Crippen molar-refractivity contribution in [2.75, 3.05) is 6.61 Å². The highest BCUT2D eigenvalue weighted by Crippen LogP contribution is 2.16. The molecule has 0 aliphatic rings. The predicted octanol–water partition coefficient (Wildman–Crippen LogP) is 1.14. The number of aliphatic carboxylic acids is 1. The molecule has 0 fully saturated rings. The van der Waals surface area contributed by atoms with Gasteiger partial charge in [-0.05, 0) is 53.3 Å². The molecule has 1 aromatic carbocycles. The number of benzene rings is 1. The zero-order chi connectivity index (χ0) is 13.9. The van der Waals surface area contributed by atoms with E-state index in [4.69, 9.17) is 0 Å². The number of carbonyl (C=O) groups excluding carboxylic acids is 2. The summed E-state index contributed by atoms with van der Waals surface area (Å²) in [5, 5.41) is 10.0. The number of carboxylic acids is 1. The average Bonchev–Trinajstić information content (AvgIpc) is 2.29. The Morgan fingerprint density at radius 1 is 1.44 bits per heavy atom. The summed E-state index contributed by atoms with van der Waals surface area (Å²) < 4.78 is 30.4. The van der Waals surface area contributed by atoms with Gasteiger partial charge in [-0.3, -0.25) is 0 Å². The van der Waals surface area contributed by atoms with Crippen LogP contribution < -0.4 is 5.11 Å². The number of hydrogen-bond donors (Lipinski definition) is 0. The number of rotatable bonds is 4. The minimum Gasteiger partial charge on any atom is -0.544 e. The molecule has 0 spiro atoms.